The lowest BCUT2D eigenvalue weighted by atomic mass is 10.2. The van der Waals surface area contributed by atoms with E-state index in [1.54, 1.807) is 11.3 Å². The van der Waals surface area contributed by atoms with Crippen molar-refractivity contribution in [3.05, 3.63) is 47.3 Å². The van der Waals surface area contributed by atoms with Crippen LogP contribution in [-0.4, -0.2) is 0 Å². The van der Waals surface area contributed by atoms with Crippen LogP contribution in [0, 0.1) is 11.3 Å². The second-order valence-electron chi connectivity index (χ2n) is 3.02. The largest absolute Gasteiger partial charge is 0.447 e. The fraction of sp³-hybridized carbons (Fsp3) is 0.0833. The molecule has 0 amide bonds. The molecule has 1 heterocycles. The molecule has 0 fully saturated rings. The van der Waals surface area contributed by atoms with Crippen LogP contribution in [0.5, 0.6) is 10.8 Å². The second-order valence-corrected chi connectivity index (χ2v) is 3.93. The van der Waals surface area contributed by atoms with Crippen LogP contribution >= 0.6 is 11.3 Å². The van der Waals surface area contributed by atoms with Gasteiger partial charge in [-0.2, -0.15) is 5.26 Å². The first-order chi connectivity index (χ1) is 7.38. The SMILES string of the molecule is N#CCc1cccc(Oc2cccs2)c1. The van der Waals surface area contributed by atoms with Gasteiger partial charge in [0.1, 0.15) is 5.75 Å². The Bertz CT molecular complexity index is 471. The van der Waals surface area contributed by atoms with Crippen LogP contribution in [0.3, 0.4) is 0 Å². The average molecular weight is 215 g/mol. The molecule has 0 aliphatic carbocycles. The van der Waals surface area contributed by atoms with Gasteiger partial charge >= 0.3 is 0 Å². The molecule has 0 radical (unpaired) electrons. The van der Waals surface area contributed by atoms with E-state index in [0.717, 1.165) is 16.4 Å². The van der Waals surface area contributed by atoms with Gasteiger partial charge in [-0.3, -0.25) is 0 Å². The third kappa shape index (κ3) is 2.58. The van der Waals surface area contributed by atoms with E-state index in [1.165, 1.54) is 0 Å². The van der Waals surface area contributed by atoms with Crippen LogP contribution in [0.25, 0.3) is 0 Å². The number of benzene rings is 1. The molecule has 0 bridgehead atoms. The minimum Gasteiger partial charge on any atom is -0.447 e. The summed E-state index contributed by atoms with van der Waals surface area (Å²) in [6.45, 7) is 0. The predicted octanol–water partition coefficient (Wildman–Crippen LogP) is 3.61. The summed E-state index contributed by atoms with van der Waals surface area (Å²) in [5, 5.41) is 11.4. The molecule has 0 aliphatic heterocycles. The van der Waals surface area contributed by atoms with Crippen molar-refractivity contribution < 1.29 is 4.74 Å². The highest BCUT2D eigenvalue weighted by Crippen LogP contribution is 2.26. The smallest absolute Gasteiger partial charge is 0.180 e. The molecule has 74 valence electrons. The Morgan fingerprint density at radius 2 is 2.20 bits per heavy atom. The number of hydrogen-bond acceptors (Lipinski definition) is 3. The molecule has 0 N–H and O–H groups in total. The van der Waals surface area contributed by atoms with E-state index in [-0.39, 0.29) is 0 Å². The number of ether oxygens (including phenoxy) is 1. The Morgan fingerprint density at radius 3 is 2.93 bits per heavy atom. The van der Waals surface area contributed by atoms with Crippen LogP contribution in [0.2, 0.25) is 0 Å². The number of hydrogen-bond donors (Lipinski definition) is 0. The molecule has 0 unspecified atom stereocenters. The minimum absolute atomic E-state index is 0.418. The highest BCUT2D eigenvalue weighted by molar-refractivity contribution is 7.11. The molecule has 0 atom stereocenters. The van der Waals surface area contributed by atoms with Gasteiger partial charge in [0, 0.05) is 0 Å². The van der Waals surface area contributed by atoms with Gasteiger partial charge < -0.3 is 4.74 Å². The number of thiophene rings is 1. The first-order valence-electron chi connectivity index (χ1n) is 4.56. The minimum atomic E-state index is 0.418. The van der Waals surface area contributed by atoms with Crippen LogP contribution in [0.1, 0.15) is 5.56 Å². The zero-order valence-electron chi connectivity index (χ0n) is 8.01. The summed E-state index contributed by atoms with van der Waals surface area (Å²) in [4.78, 5) is 0. The summed E-state index contributed by atoms with van der Waals surface area (Å²) in [5.74, 6) is 0.783. The Kier molecular flexibility index (Phi) is 3.01. The fourth-order valence-electron chi connectivity index (χ4n) is 1.25. The lowest BCUT2D eigenvalue weighted by Crippen LogP contribution is -1.84. The van der Waals surface area contributed by atoms with E-state index in [2.05, 4.69) is 6.07 Å². The topological polar surface area (TPSA) is 33.0 Å². The predicted molar refractivity (Wildman–Crippen MR) is 60.2 cm³/mol. The number of rotatable bonds is 3. The summed E-state index contributed by atoms with van der Waals surface area (Å²) < 4.78 is 5.61. The second kappa shape index (κ2) is 4.63. The maximum atomic E-state index is 8.58. The van der Waals surface area contributed by atoms with Gasteiger partial charge in [-0.1, -0.05) is 12.1 Å². The van der Waals surface area contributed by atoms with Crippen molar-refractivity contribution in [2.24, 2.45) is 0 Å². The summed E-state index contributed by atoms with van der Waals surface area (Å²) in [6, 6.07) is 13.6. The van der Waals surface area contributed by atoms with Crippen LogP contribution in [0.4, 0.5) is 0 Å². The van der Waals surface area contributed by atoms with Gasteiger partial charge in [-0.05, 0) is 35.2 Å². The fourth-order valence-corrected chi connectivity index (χ4v) is 1.84. The molecule has 0 saturated heterocycles. The molecule has 1 aromatic carbocycles. The van der Waals surface area contributed by atoms with Crippen molar-refractivity contribution in [2.75, 3.05) is 0 Å². The van der Waals surface area contributed by atoms with Gasteiger partial charge in [-0.25, -0.2) is 0 Å². The van der Waals surface area contributed by atoms with Gasteiger partial charge in [-0.15, -0.1) is 11.3 Å². The van der Waals surface area contributed by atoms with E-state index in [1.807, 2.05) is 41.8 Å². The highest BCUT2D eigenvalue weighted by Gasteiger charge is 1.99. The maximum Gasteiger partial charge on any atom is 0.180 e. The summed E-state index contributed by atoms with van der Waals surface area (Å²) in [5.41, 5.74) is 0.978. The van der Waals surface area contributed by atoms with Crippen molar-refractivity contribution in [3.63, 3.8) is 0 Å². The monoisotopic (exact) mass is 215 g/mol. The molecule has 0 saturated carbocycles. The molecule has 2 rings (SSSR count). The van der Waals surface area contributed by atoms with E-state index >= 15 is 0 Å². The lowest BCUT2D eigenvalue weighted by Gasteiger charge is -2.03. The maximum absolute atomic E-state index is 8.58. The van der Waals surface area contributed by atoms with Crippen LogP contribution in [-0.2, 0) is 6.42 Å². The van der Waals surface area contributed by atoms with Crippen LogP contribution in [0.15, 0.2) is 41.8 Å². The van der Waals surface area contributed by atoms with E-state index in [4.69, 9.17) is 10.00 Å². The average Bonchev–Trinajstić information content (AvgIpc) is 2.71. The molecular weight excluding hydrogens is 206 g/mol. The summed E-state index contributed by atoms with van der Waals surface area (Å²) in [7, 11) is 0. The number of nitrogens with zero attached hydrogens (tertiary/aromatic N) is 1. The Hall–Kier alpha value is -1.79. The van der Waals surface area contributed by atoms with Crippen molar-refractivity contribution in [1.82, 2.24) is 0 Å². The van der Waals surface area contributed by atoms with Gasteiger partial charge in [0.15, 0.2) is 5.06 Å². The highest BCUT2D eigenvalue weighted by atomic mass is 32.1. The van der Waals surface area contributed by atoms with Gasteiger partial charge in [0.25, 0.3) is 0 Å². The van der Waals surface area contributed by atoms with Crippen molar-refractivity contribution in [3.8, 4) is 16.9 Å². The quantitative estimate of drug-likeness (QED) is 0.783. The van der Waals surface area contributed by atoms with Gasteiger partial charge in [0.2, 0.25) is 0 Å². The molecule has 0 aliphatic rings. The summed E-state index contributed by atoms with van der Waals surface area (Å²) >= 11 is 1.55. The molecule has 3 heteroatoms. The molecule has 15 heavy (non-hydrogen) atoms. The molecule has 2 aromatic rings. The van der Waals surface area contributed by atoms with Crippen molar-refractivity contribution in [1.29, 1.82) is 5.26 Å². The molecule has 1 aromatic heterocycles. The standard InChI is InChI=1S/C12H9NOS/c13-7-6-10-3-1-4-11(9-10)14-12-5-2-8-15-12/h1-5,8-9H,6H2. The first kappa shape index (κ1) is 9.75. The van der Waals surface area contributed by atoms with E-state index in [0.29, 0.717) is 6.42 Å². The number of nitriles is 1. The zero-order chi connectivity index (χ0) is 10.5. The Balaban J connectivity index is 2.15. The molecular formula is C12H9NOS. The lowest BCUT2D eigenvalue weighted by molar-refractivity contribution is 0.496. The molecule has 0 spiro atoms. The third-order valence-electron chi connectivity index (χ3n) is 1.90. The molecule has 2 nitrogen and oxygen atoms in total. The Labute approximate surface area is 92.4 Å². The summed E-state index contributed by atoms with van der Waals surface area (Å²) in [6.07, 6.45) is 0.418. The van der Waals surface area contributed by atoms with Gasteiger partial charge in [0.05, 0.1) is 12.5 Å². The van der Waals surface area contributed by atoms with E-state index in [9.17, 15) is 0 Å². The van der Waals surface area contributed by atoms with Crippen molar-refractivity contribution in [2.45, 2.75) is 6.42 Å². The first-order valence-corrected chi connectivity index (χ1v) is 5.44. The van der Waals surface area contributed by atoms with Crippen molar-refractivity contribution >= 4 is 11.3 Å². The third-order valence-corrected chi connectivity index (χ3v) is 2.64. The zero-order valence-corrected chi connectivity index (χ0v) is 8.83. The normalized spacial score (nSPS) is 9.53. The van der Waals surface area contributed by atoms with Crippen LogP contribution < -0.4 is 4.74 Å². The Morgan fingerprint density at radius 1 is 1.27 bits per heavy atom. The van der Waals surface area contributed by atoms with E-state index < -0.39 is 0 Å².